The molecule has 0 atom stereocenters. The highest BCUT2D eigenvalue weighted by Gasteiger charge is 2.16. The van der Waals surface area contributed by atoms with Crippen LogP contribution in [0, 0.1) is 0 Å². The SMILES string of the molecule is CCCCn1c(SCC(=O)NC(CC)CC)nnc1-c1ccc(OC)cc1. The predicted molar refractivity (Wildman–Crippen MR) is 110 cm³/mol. The van der Waals surface area contributed by atoms with Crippen LogP contribution < -0.4 is 10.1 Å². The normalized spacial score (nSPS) is 11.0. The molecule has 0 spiro atoms. The number of rotatable bonds is 11. The van der Waals surface area contributed by atoms with Crippen molar-refractivity contribution in [2.24, 2.45) is 0 Å². The zero-order valence-electron chi connectivity index (χ0n) is 16.7. The summed E-state index contributed by atoms with van der Waals surface area (Å²) in [6.07, 6.45) is 4.01. The van der Waals surface area contributed by atoms with E-state index < -0.39 is 0 Å². The lowest BCUT2D eigenvalue weighted by atomic mass is 10.2. The van der Waals surface area contributed by atoms with E-state index in [0.717, 1.165) is 54.5 Å². The Hall–Kier alpha value is -2.02. The number of unbranched alkanes of at least 4 members (excludes halogenated alkanes) is 1. The Morgan fingerprint density at radius 1 is 1.19 bits per heavy atom. The van der Waals surface area contributed by atoms with Gasteiger partial charge in [-0.3, -0.25) is 4.79 Å². The number of carbonyl (C=O) groups excluding carboxylic acids is 1. The average Bonchev–Trinajstić information content (AvgIpc) is 3.11. The van der Waals surface area contributed by atoms with Crippen LogP contribution in [0.2, 0.25) is 0 Å². The average molecular weight is 391 g/mol. The summed E-state index contributed by atoms with van der Waals surface area (Å²) in [6, 6.07) is 8.05. The Balaban J connectivity index is 2.13. The summed E-state index contributed by atoms with van der Waals surface area (Å²) in [4.78, 5) is 12.2. The molecule has 0 unspecified atom stereocenters. The van der Waals surface area contributed by atoms with Gasteiger partial charge in [0.05, 0.1) is 12.9 Å². The van der Waals surface area contributed by atoms with Crippen molar-refractivity contribution in [2.75, 3.05) is 12.9 Å². The summed E-state index contributed by atoms with van der Waals surface area (Å²) in [6.45, 7) is 7.17. The molecule has 1 N–H and O–H groups in total. The van der Waals surface area contributed by atoms with Gasteiger partial charge in [0.2, 0.25) is 5.91 Å². The number of aromatic nitrogens is 3. The fourth-order valence-electron chi connectivity index (χ4n) is 2.76. The second-order valence-corrected chi connectivity index (χ2v) is 7.35. The van der Waals surface area contributed by atoms with Gasteiger partial charge in [-0.15, -0.1) is 10.2 Å². The van der Waals surface area contributed by atoms with Crippen LogP contribution in [-0.2, 0) is 11.3 Å². The minimum absolute atomic E-state index is 0.0461. The van der Waals surface area contributed by atoms with Crippen LogP contribution in [0.1, 0.15) is 46.5 Å². The molecule has 6 nitrogen and oxygen atoms in total. The van der Waals surface area contributed by atoms with Gasteiger partial charge < -0.3 is 14.6 Å². The minimum atomic E-state index is 0.0461. The van der Waals surface area contributed by atoms with Gasteiger partial charge in [0, 0.05) is 18.2 Å². The van der Waals surface area contributed by atoms with E-state index in [1.807, 2.05) is 24.3 Å². The molecule has 1 amide bonds. The maximum Gasteiger partial charge on any atom is 0.230 e. The number of hydrogen-bond donors (Lipinski definition) is 1. The summed E-state index contributed by atoms with van der Waals surface area (Å²) >= 11 is 1.44. The fraction of sp³-hybridized carbons (Fsp3) is 0.550. The number of methoxy groups -OCH3 is 1. The van der Waals surface area contributed by atoms with Crippen molar-refractivity contribution < 1.29 is 9.53 Å². The predicted octanol–water partition coefficient (Wildman–Crippen LogP) is 4.15. The molecule has 0 saturated carbocycles. The summed E-state index contributed by atoms with van der Waals surface area (Å²) < 4.78 is 7.34. The second kappa shape index (κ2) is 11.0. The maximum absolute atomic E-state index is 12.2. The highest BCUT2D eigenvalue weighted by atomic mass is 32.2. The quantitative estimate of drug-likeness (QED) is 0.584. The molecule has 7 heteroatoms. The van der Waals surface area contributed by atoms with E-state index in [4.69, 9.17) is 4.74 Å². The number of thioether (sulfide) groups is 1. The monoisotopic (exact) mass is 390 g/mol. The first-order chi connectivity index (χ1) is 13.1. The second-order valence-electron chi connectivity index (χ2n) is 6.41. The molecule has 0 fully saturated rings. The Morgan fingerprint density at radius 3 is 2.48 bits per heavy atom. The van der Waals surface area contributed by atoms with Crippen LogP contribution >= 0.6 is 11.8 Å². The van der Waals surface area contributed by atoms with Crippen LogP contribution in [0.15, 0.2) is 29.4 Å². The molecule has 0 aliphatic heterocycles. The van der Waals surface area contributed by atoms with Crippen molar-refractivity contribution in [3.8, 4) is 17.1 Å². The molecule has 0 radical (unpaired) electrons. The third-order valence-electron chi connectivity index (χ3n) is 4.48. The maximum atomic E-state index is 12.2. The molecule has 1 aromatic heterocycles. The Morgan fingerprint density at radius 2 is 1.89 bits per heavy atom. The van der Waals surface area contributed by atoms with Crippen molar-refractivity contribution in [2.45, 2.75) is 64.2 Å². The van der Waals surface area contributed by atoms with E-state index in [9.17, 15) is 4.79 Å². The van der Waals surface area contributed by atoms with Crippen LogP contribution in [0.3, 0.4) is 0 Å². The van der Waals surface area contributed by atoms with E-state index in [1.165, 1.54) is 11.8 Å². The van der Waals surface area contributed by atoms with E-state index in [2.05, 4.69) is 40.9 Å². The highest BCUT2D eigenvalue weighted by molar-refractivity contribution is 7.99. The molecular formula is C20H30N4O2S. The molecule has 1 aromatic carbocycles. The topological polar surface area (TPSA) is 69.0 Å². The van der Waals surface area contributed by atoms with Gasteiger partial charge in [-0.1, -0.05) is 39.0 Å². The first kappa shape index (κ1) is 21.3. The fourth-order valence-corrected chi connectivity index (χ4v) is 3.53. The number of nitrogens with zero attached hydrogens (tertiary/aromatic N) is 3. The van der Waals surface area contributed by atoms with E-state index in [-0.39, 0.29) is 11.9 Å². The van der Waals surface area contributed by atoms with Crippen molar-refractivity contribution in [1.29, 1.82) is 0 Å². The number of hydrogen-bond acceptors (Lipinski definition) is 5. The molecule has 0 aliphatic rings. The minimum Gasteiger partial charge on any atom is -0.497 e. The highest BCUT2D eigenvalue weighted by Crippen LogP contribution is 2.26. The molecule has 27 heavy (non-hydrogen) atoms. The Labute approximate surface area is 166 Å². The molecule has 0 bridgehead atoms. The van der Waals surface area contributed by atoms with Gasteiger partial charge >= 0.3 is 0 Å². The molecule has 148 valence electrons. The molecular weight excluding hydrogens is 360 g/mol. The molecule has 2 aromatic rings. The lowest BCUT2D eigenvalue weighted by Gasteiger charge is -2.14. The first-order valence-electron chi connectivity index (χ1n) is 9.62. The van der Waals surface area contributed by atoms with Crippen molar-refractivity contribution >= 4 is 17.7 Å². The molecule has 0 saturated heterocycles. The van der Waals surface area contributed by atoms with Gasteiger partial charge in [-0.25, -0.2) is 0 Å². The molecule has 0 aliphatic carbocycles. The standard InChI is InChI=1S/C20H30N4O2S/c1-5-8-13-24-19(15-9-11-17(26-4)12-10-15)22-23-20(24)27-14-18(25)21-16(6-2)7-3/h9-12,16H,5-8,13-14H2,1-4H3,(H,21,25). The number of carbonyl (C=O) groups is 1. The number of nitrogens with one attached hydrogen (secondary N) is 1. The molecule has 2 rings (SSSR count). The van der Waals surface area contributed by atoms with Crippen LogP contribution in [-0.4, -0.2) is 39.6 Å². The van der Waals surface area contributed by atoms with Crippen LogP contribution in [0.4, 0.5) is 0 Å². The summed E-state index contributed by atoms with van der Waals surface area (Å²) in [7, 11) is 1.65. The number of ether oxygens (including phenoxy) is 1. The Bertz CT molecular complexity index is 711. The molecule has 1 heterocycles. The third-order valence-corrected chi connectivity index (χ3v) is 5.45. The smallest absolute Gasteiger partial charge is 0.230 e. The Kier molecular flexibility index (Phi) is 8.64. The van der Waals surface area contributed by atoms with E-state index in [0.29, 0.717) is 5.75 Å². The summed E-state index contributed by atoms with van der Waals surface area (Å²) in [5.41, 5.74) is 0.993. The zero-order chi connectivity index (χ0) is 19.6. The summed E-state index contributed by atoms with van der Waals surface area (Å²) in [5.74, 6) is 2.04. The third kappa shape index (κ3) is 5.99. The lowest BCUT2D eigenvalue weighted by Crippen LogP contribution is -2.35. The van der Waals surface area contributed by atoms with Crippen molar-refractivity contribution in [3.63, 3.8) is 0 Å². The first-order valence-corrected chi connectivity index (χ1v) is 10.6. The number of amides is 1. The number of benzene rings is 1. The van der Waals surface area contributed by atoms with Gasteiger partial charge in [-0.2, -0.15) is 0 Å². The van der Waals surface area contributed by atoms with E-state index in [1.54, 1.807) is 7.11 Å². The lowest BCUT2D eigenvalue weighted by molar-refractivity contribution is -0.119. The van der Waals surface area contributed by atoms with Crippen molar-refractivity contribution in [3.05, 3.63) is 24.3 Å². The van der Waals surface area contributed by atoms with Gasteiger partial charge in [0.15, 0.2) is 11.0 Å². The van der Waals surface area contributed by atoms with Crippen LogP contribution in [0.25, 0.3) is 11.4 Å². The van der Waals surface area contributed by atoms with E-state index >= 15 is 0 Å². The largest absolute Gasteiger partial charge is 0.497 e. The van der Waals surface area contributed by atoms with Gasteiger partial charge in [0.25, 0.3) is 0 Å². The summed E-state index contributed by atoms with van der Waals surface area (Å²) in [5, 5.41) is 12.6. The van der Waals surface area contributed by atoms with Gasteiger partial charge in [-0.05, 0) is 43.5 Å². The van der Waals surface area contributed by atoms with Crippen LogP contribution in [0.5, 0.6) is 5.75 Å². The zero-order valence-corrected chi connectivity index (χ0v) is 17.5. The van der Waals surface area contributed by atoms with Gasteiger partial charge in [0.1, 0.15) is 5.75 Å². The van der Waals surface area contributed by atoms with Crippen molar-refractivity contribution in [1.82, 2.24) is 20.1 Å².